The molecule has 4 heterocycles. The summed E-state index contributed by atoms with van der Waals surface area (Å²) in [4.78, 5) is 23.5. The zero-order valence-electron chi connectivity index (χ0n) is 27.5. The highest BCUT2D eigenvalue weighted by Crippen LogP contribution is 2.38. The molecule has 0 bridgehead atoms. The summed E-state index contributed by atoms with van der Waals surface area (Å²) in [5.41, 5.74) is 9.67. The molecule has 46 heavy (non-hydrogen) atoms. The number of pyridine rings is 2. The van der Waals surface area contributed by atoms with Crippen LogP contribution < -0.4 is 0 Å². The number of hydrogen-bond acceptors (Lipinski definition) is 5. The Morgan fingerprint density at radius 2 is 1.02 bits per heavy atom. The van der Waals surface area contributed by atoms with Crippen LogP contribution in [0.2, 0.25) is 0 Å². The maximum atomic E-state index is 4.88. The Morgan fingerprint density at radius 1 is 0.522 bits per heavy atom. The summed E-state index contributed by atoms with van der Waals surface area (Å²) in [6.07, 6.45) is 3.50. The average molecular weight is 603 g/mol. The zero-order valence-corrected chi connectivity index (χ0v) is 27.5. The lowest BCUT2D eigenvalue weighted by atomic mass is 9.85. The molecule has 0 spiro atoms. The summed E-state index contributed by atoms with van der Waals surface area (Å²) in [6, 6.07) is 31.8. The lowest BCUT2D eigenvalue weighted by Gasteiger charge is -2.19. The van der Waals surface area contributed by atoms with Gasteiger partial charge in [0.25, 0.3) is 0 Å². The first-order valence-corrected chi connectivity index (χ1v) is 15.8. The molecule has 0 amide bonds. The van der Waals surface area contributed by atoms with Gasteiger partial charge in [0, 0.05) is 34.4 Å². The van der Waals surface area contributed by atoms with Crippen LogP contribution >= 0.6 is 0 Å². The van der Waals surface area contributed by atoms with E-state index < -0.39 is 0 Å². The van der Waals surface area contributed by atoms with E-state index in [-0.39, 0.29) is 10.8 Å². The maximum Gasteiger partial charge on any atom is 0.182 e. The molecule has 228 valence electrons. The smallest absolute Gasteiger partial charge is 0.182 e. The molecule has 0 radical (unpaired) electrons. The van der Waals surface area contributed by atoms with Gasteiger partial charge in [-0.3, -0.25) is 9.97 Å². The molecule has 6 heteroatoms. The van der Waals surface area contributed by atoms with Gasteiger partial charge in [-0.15, -0.1) is 0 Å². The normalized spacial score (nSPS) is 12.2. The van der Waals surface area contributed by atoms with Crippen LogP contribution in [-0.2, 0) is 10.8 Å². The molecule has 0 unspecified atom stereocenters. The minimum atomic E-state index is 0.0502. The van der Waals surface area contributed by atoms with Crippen LogP contribution in [-0.4, -0.2) is 29.5 Å². The summed E-state index contributed by atoms with van der Waals surface area (Å²) >= 11 is 0. The Balaban J connectivity index is 1.41. The summed E-state index contributed by atoms with van der Waals surface area (Å²) in [6.45, 7) is 15.8. The van der Waals surface area contributed by atoms with Crippen LogP contribution in [0.25, 0.3) is 61.9 Å². The lowest BCUT2D eigenvalue weighted by Crippen LogP contribution is -2.10. The second-order valence-corrected chi connectivity index (χ2v) is 14.0. The number of benzene rings is 3. The van der Waals surface area contributed by atoms with Crippen molar-refractivity contribution < 1.29 is 0 Å². The van der Waals surface area contributed by atoms with E-state index in [1.807, 2.05) is 36.4 Å². The van der Waals surface area contributed by atoms with E-state index in [4.69, 9.17) is 15.0 Å². The Hall–Kier alpha value is -5.23. The molecule has 3 aromatic carbocycles. The molecule has 0 saturated heterocycles. The molecule has 0 N–H and O–H groups in total. The van der Waals surface area contributed by atoms with Gasteiger partial charge in [0.1, 0.15) is 11.4 Å². The van der Waals surface area contributed by atoms with Crippen LogP contribution in [0, 0.1) is 6.92 Å². The Labute approximate surface area is 270 Å². The molecular formula is C40H38N6. The standard InChI is InChI=1S/C40H38N6/c1-25-22-26(36-43-37(31-12-8-10-20-41-31)45-38(44-36)32-13-9-11-21-42-32)14-17-33(25)46-34-18-15-27(39(2,3)4)23-29(34)30-24-28(40(5,6)7)16-19-35(30)46/h8-24H,1-7H3. The van der Waals surface area contributed by atoms with Crippen molar-refractivity contribution in [3.63, 3.8) is 0 Å². The molecule has 0 aliphatic heterocycles. The molecule has 7 rings (SSSR count). The van der Waals surface area contributed by atoms with Crippen molar-refractivity contribution in [3.05, 3.63) is 120 Å². The summed E-state index contributed by atoms with van der Waals surface area (Å²) in [5, 5.41) is 2.55. The quantitative estimate of drug-likeness (QED) is 0.201. The van der Waals surface area contributed by atoms with Crippen molar-refractivity contribution in [3.8, 4) is 40.1 Å². The minimum absolute atomic E-state index is 0.0502. The Bertz CT molecular complexity index is 2090. The van der Waals surface area contributed by atoms with Crippen LogP contribution in [0.5, 0.6) is 0 Å². The van der Waals surface area contributed by atoms with Crippen LogP contribution in [0.15, 0.2) is 103 Å². The average Bonchev–Trinajstić information content (AvgIpc) is 3.37. The first kappa shape index (κ1) is 29.5. The van der Waals surface area contributed by atoms with Gasteiger partial charge in [0.05, 0.1) is 11.0 Å². The van der Waals surface area contributed by atoms with E-state index in [0.29, 0.717) is 28.9 Å². The van der Waals surface area contributed by atoms with E-state index in [0.717, 1.165) is 16.8 Å². The van der Waals surface area contributed by atoms with Gasteiger partial charge in [0.15, 0.2) is 17.5 Å². The third-order valence-corrected chi connectivity index (χ3v) is 8.62. The highest BCUT2D eigenvalue weighted by Gasteiger charge is 2.22. The molecule has 0 atom stereocenters. The van der Waals surface area contributed by atoms with E-state index >= 15 is 0 Å². The van der Waals surface area contributed by atoms with Gasteiger partial charge in [-0.05, 0) is 101 Å². The van der Waals surface area contributed by atoms with Crippen molar-refractivity contribution in [2.45, 2.75) is 59.3 Å². The molecule has 0 aliphatic rings. The fourth-order valence-corrected chi connectivity index (χ4v) is 5.99. The van der Waals surface area contributed by atoms with E-state index in [1.54, 1.807) is 12.4 Å². The van der Waals surface area contributed by atoms with E-state index in [2.05, 4.69) is 118 Å². The van der Waals surface area contributed by atoms with E-state index in [9.17, 15) is 0 Å². The van der Waals surface area contributed by atoms with Crippen LogP contribution in [0.1, 0.15) is 58.2 Å². The molecule has 4 aromatic heterocycles. The van der Waals surface area contributed by atoms with Crippen molar-refractivity contribution in [1.29, 1.82) is 0 Å². The van der Waals surface area contributed by atoms with Gasteiger partial charge >= 0.3 is 0 Å². The lowest BCUT2D eigenvalue weighted by molar-refractivity contribution is 0.590. The van der Waals surface area contributed by atoms with Gasteiger partial charge in [-0.1, -0.05) is 65.8 Å². The van der Waals surface area contributed by atoms with Gasteiger partial charge in [-0.25, -0.2) is 15.0 Å². The molecular weight excluding hydrogens is 564 g/mol. The zero-order chi connectivity index (χ0) is 32.2. The molecule has 0 aliphatic carbocycles. The second kappa shape index (κ2) is 11.0. The summed E-state index contributed by atoms with van der Waals surface area (Å²) in [7, 11) is 0. The summed E-state index contributed by atoms with van der Waals surface area (Å²) in [5.74, 6) is 1.61. The topological polar surface area (TPSA) is 69.4 Å². The highest BCUT2D eigenvalue weighted by molar-refractivity contribution is 6.10. The molecule has 7 aromatic rings. The Morgan fingerprint density at radius 3 is 1.46 bits per heavy atom. The molecule has 0 saturated carbocycles. The molecule has 0 fully saturated rings. The first-order valence-electron chi connectivity index (χ1n) is 15.8. The van der Waals surface area contributed by atoms with Crippen molar-refractivity contribution in [2.75, 3.05) is 0 Å². The van der Waals surface area contributed by atoms with Crippen molar-refractivity contribution in [2.24, 2.45) is 0 Å². The monoisotopic (exact) mass is 602 g/mol. The predicted octanol–water partition coefficient (Wildman–Crippen LogP) is 9.66. The van der Waals surface area contributed by atoms with Gasteiger partial charge in [-0.2, -0.15) is 0 Å². The van der Waals surface area contributed by atoms with Gasteiger partial charge < -0.3 is 4.57 Å². The number of rotatable bonds is 4. The number of fused-ring (bicyclic) bond motifs is 3. The van der Waals surface area contributed by atoms with Gasteiger partial charge in [0.2, 0.25) is 0 Å². The molecule has 6 nitrogen and oxygen atoms in total. The minimum Gasteiger partial charge on any atom is -0.309 e. The third kappa shape index (κ3) is 5.34. The van der Waals surface area contributed by atoms with Crippen molar-refractivity contribution in [1.82, 2.24) is 29.5 Å². The largest absolute Gasteiger partial charge is 0.309 e. The van der Waals surface area contributed by atoms with E-state index in [1.165, 1.54) is 32.9 Å². The van der Waals surface area contributed by atoms with Crippen LogP contribution in [0.3, 0.4) is 0 Å². The first-order chi connectivity index (χ1) is 22.0. The second-order valence-electron chi connectivity index (χ2n) is 14.0. The maximum absolute atomic E-state index is 4.88. The highest BCUT2D eigenvalue weighted by atomic mass is 15.1. The fourth-order valence-electron chi connectivity index (χ4n) is 5.99. The number of hydrogen-bond donors (Lipinski definition) is 0. The SMILES string of the molecule is Cc1cc(-c2nc(-c3ccccn3)nc(-c3ccccn3)n2)ccc1-n1c2ccc(C(C)(C)C)cc2c2cc(C(C)(C)C)ccc21. The predicted molar refractivity (Wildman–Crippen MR) is 188 cm³/mol. The number of aryl methyl sites for hydroxylation is 1. The number of aromatic nitrogens is 6. The summed E-state index contributed by atoms with van der Waals surface area (Å²) < 4.78 is 2.40. The number of nitrogens with zero attached hydrogens (tertiary/aromatic N) is 6. The third-order valence-electron chi connectivity index (χ3n) is 8.62. The fraction of sp³-hybridized carbons (Fsp3) is 0.225. The Kier molecular flexibility index (Phi) is 7.04. The van der Waals surface area contributed by atoms with Crippen LogP contribution in [0.4, 0.5) is 0 Å². The van der Waals surface area contributed by atoms with Crippen molar-refractivity contribution >= 4 is 21.8 Å².